The molecule has 0 heterocycles. The van der Waals surface area contributed by atoms with Gasteiger partial charge in [0.1, 0.15) is 0 Å². The minimum Gasteiger partial charge on any atom is -0.0836 e. The highest BCUT2D eigenvalue weighted by Gasteiger charge is 2.15. The Morgan fingerprint density at radius 2 is 0.966 bits per heavy atom. The lowest BCUT2D eigenvalue weighted by molar-refractivity contribution is 1.59. The van der Waals surface area contributed by atoms with Crippen molar-refractivity contribution in [3.63, 3.8) is 0 Å². The highest BCUT2D eigenvalue weighted by molar-refractivity contribution is 6.34. The largest absolute Gasteiger partial charge is 0.0836 e. The Bertz CT molecular complexity index is 1280. The van der Waals surface area contributed by atoms with E-state index < -0.39 is 0 Å². The minimum absolute atomic E-state index is 0.767. The molecule has 0 bridgehead atoms. The van der Waals surface area contributed by atoms with E-state index in [-0.39, 0.29) is 0 Å². The van der Waals surface area contributed by atoms with Crippen LogP contribution in [0.2, 0.25) is 5.02 Å². The molecule has 0 amide bonds. The highest BCUT2D eigenvalue weighted by Crippen LogP contribution is 2.42. The molecule has 0 nitrogen and oxygen atoms in total. The fourth-order valence-corrected chi connectivity index (χ4v) is 4.35. The Balaban J connectivity index is 1.86. The van der Waals surface area contributed by atoms with Gasteiger partial charge in [0.25, 0.3) is 0 Å². The molecule has 1 heteroatoms. The van der Waals surface area contributed by atoms with Gasteiger partial charge in [0.2, 0.25) is 0 Å². The van der Waals surface area contributed by atoms with E-state index in [2.05, 4.69) is 97.1 Å². The van der Waals surface area contributed by atoms with Gasteiger partial charge < -0.3 is 0 Å². The molecule has 138 valence electrons. The number of halogens is 1. The molecule has 0 spiro atoms. The SMILES string of the molecule is Clc1cccc(-c2cccc3cccc(-c4ccccc4)c23)c1-c1ccccc1. The lowest BCUT2D eigenvalue weighted by Crippen LogP contribution is -1.90. The smallest absolute Gasteiger partial charge is 0.0490 e. The molecule has 5 aromatic rings. The first-order valence-corrected chi connectivity index (χ1v) is 10.1. The lowest BCUT2D eigenvalue weighted by Gasteiger charge is -2.17. The molecular formula is C28H19Cl. The summed E-state index contributed by atoms with van der Waals surface area (Å²) in [6, 6.07) is 40.1. The molecule has 0 aliphatic rings. The van der Waals surface area contributed by atoms with Gasteiger partial charge in [-0.05, 0) is 44.7 Å². The van der Waals surface area contributed by atoms with Crippen LogP contribution in [-0.4, -0.2) is 0 Å². The zero-order valence-corrected chi connectivity index (χ0v) is 16.6. The predicted molar refractivity (Wildman–Crippen MR) is 125 cm³/mol. The van der Waals surface area contributed by atoms with Crippen LogP contribution in [0.5, 0.6) is 0 Å². The van der Waals surface area contributed by atoms with Crippen LogP contribution in [0, 0.1) is 0 Å². The second-order valence-electron chi connectivity index (χ2n) is 7.10. The second kappa shape index (κ2) is 7.58. The zero-order chi connectivity index (χ0) is 19.6. The Hall–Kier alpha value is -3.35. The Labute approximate surface area is 176 Å². The molecule has 5 aromatic carbocycles. The van der Waals surface area contributed by atoms with Crippen molar-refractivity contribution in [2.24, 2.45) is 0 Å². The molecule has 5 rings (SSSR count). The second-order valence-corrected chi connectivity index (χ2v) is 7.51. The van der Waals surface area contributed by atoms with Crippen LogP contribution in [0.25, 0.3) is 44.2 Å². The summed E-state index contributed by atoms with van der Waals surface area (Å²) in [5.74, 6) is 0. The molecule has 0 unspecified atom stereocenters. The molecule has 0 aliphatic heterocycles. The van der Waals surface area contributed by atoms with E-state index >= 15 is 0 Å². The van der Waals surface area contributed by atoms with Crippen LogP contribution >= 0.6 is 11.6 Å². The zero-order valence-electron chi connectivity index (χ0n) is 15.8. The van der Waals surface area contributed by atoms with Crippen LogP contribution in [0.15, 0.2) is 115 Å². The quantitative estimate of drug-likeness (QED) is 0.289. The fourth-order valence-electron chi connectivity index (χ4n) is 4.07. The van der Waals surface area contributed by atoms with Crippen molar-refractivity contribution < 1.29 is 0 Å². The molecule has 0 N–H and O–H groups in total. The molecular weight excluding hydrogens is 372 g/mol. The van der Waals surface area contributed by atoms with Gasteiger partial charge in [-0.1, -0.05) is 121 Å². The van der Waals surface area contributed by atoms with Gasteiger partial charge in [-0.15, -0.1) is 0 Å². The van der Waals surface area contributed by atoms with Gasteiger partial charge >= 0.3 is 0 Å². The Morgan fingerprint density at radius 1 is 0.414 bits per heavy atom. The van der Waals surface area contributed by atoms with E-state index in [1.807, 2.05) is 18.2 Å². The molecule has 0 atom stereocenters. The first-order chi connectivity index (χ1) is 14.3. The molecule has 0 aliphatic carbocycles. The summed E-state index contributed by atoms with van der Waals surface area (Å²) < 4.78 is 0. The standard InChI is InChI=1S/C28H19Cl/c29-26-19-9-18-25(28(26)22-12-5-2-6-13-22)24-17-8-15-21-14-7-16-23(27(21)24)20-10-3-1-4-11-20/h1-19H. The maximum absolute atomic E-state index is 6.72. The van der Waals surface area contributed by atoms with Crippen LogP contribution < -0.4 is 0 Å². The van der Waals surface area contributed by atoms with E-state index in [1.54, 1.807) is 0 Å². The van der Waals surface area contributed by atoms with Crippen molar-refractivity contribution in [1.82, 2.24) is 0 Å². The third-order valence-corrected chi connectivity index (χ3v) is 5.67. The first kappa shape index (κ1) is 17.7. The van der Waals surface area contributed by atoms with Gasteiger partial charge in [0.15, 0.2) is 0 Å². The topological polar surface area (TPSA) is 0 Å². The lowest BCUT2D eigenvalue weighted by atomic mass is 9.88. The Morgan fingerprint density at radius 3 is 1.66 bits per heavy atom. The van der Waals surface area contributed by atoms with E-state index in [0.29, 0.717) is 0 Å². The van der Waals surface area contributed by atoms with Crippen LogP contribution in [0.1, 0.15) is 0 Å². The molecule has 0 aromatic heterocycles. The number of hydrogen-bond acceptors (Lipinski definition) is 0. The van der Waals surface area contributed by atoms with Crippen molar-refractivity contribution in [3.8, 4) is 33.4 Å². The average Bonchev–Trinajstić information content (AvgIpc) is 2.79. The summed E-state index contributed by atoms with van der Waals surface area (Å²) in [5.41, 5.74) is 7.00. The number of hydrogen-bond donors (Lipinski definition) is 0. The van der Waals surface area contributed by atoms with E-state index in [1.165, 1.54) is 27.5 Å². The van der Waals surface area contributed by atoms with E-state index in [0.717, 1.165) is 21.7 Å². The van der Waals surface area contributed by atoms with Gasteiger partial charge in [-0.2, -0.15) is 0 Å². The van der Waals surface area contributed by atoms with Crippen molar-refractivity contribution in [2.75, 3.05) is 0 Å². The monoisotopic (exact) mass is 390 g/mol. The Kier molecular flexibility index (Phi) is 4.63. The molecule has 0 fully saturated rings. The normalized spacial score (nSPS) is 10.9. The number of rotatable bonds is 3. The minimum atomic E-state index is 0.767. The number of benzene rings is 5. The summed E-state index contributed by atoms with van der Waals surface area (Å²) in [6.07, 6.45) is 0. The summed E-state index contributed by atoms with van der Waals surface area (Å²) in [7, 11) is 0. The fraction of sp³-hybridized carbons (Fsp3) is 0. The maximum atomic E-state index is 6.72. The van der Waals surface area contributed by atoms with Gasteiger partial charge in [-0.25, -0.2) is 0 Å². The van der Waals surface area contributed by atoms with Crippen molar-refractivity contribution in [1.29, 1.82) is 0 Å². The predicted octanol–water partition coefficient (Wildman–Crippen LogP) is 8.49. The van der Waals surface area contributed by atoms with Gasteiger partial charge in [0.05, 0.1) is 0 Å². The molecule has 0 saturated heterocycles. The molecule has 0 radical (unpaired) electrons. The van der Waals surface area contributed by atoms with Crippen LogP contribution in [0.3, 0.4) is 0 Å². The van der Waals surface area contributed by atoms with E-state index in [9.17, 15) is 0 Å². The third kappa shape index (κ3) is 3.22. The highest BCUT2D eigenvalue weighted by atomic mass is 35.5. The maximum Gasteiger partial charge on any atom is 0.0490 e. The summed E-state index contributed by atoms with van der Waals surface area (Å²) in [5, 5.41) is 3.24. The van der Waals surface area contributed by atoms with Crippen molar-refractivity contribution >= 4 is 22.4 Å². The van der Waals surface area contributed by atoms with Crippen LogP contribution in [-0.2, 0) is 0 Å². The number of fused-ring (bicyclic) bond motifs is 1. The first-order valence-electron chi connectivity index (χ1n) is 9.74. The van der Waals surface area contributed by atoms with Crippen molar-refractivity contribution in [3.05, 3.63) is 120 Å². The van der Waals surface area contributed by atoms with E-state index in [4.69, 9.17) is 11.6 Å². The summed E-state index contributed by atoms with van der Waals surface area (Å²) in [6.45, 7) is 0. The summed E-state index contributed by atoms with van der Waals surface area (Å²) >= 11 is 6.72. The average molecular weight is 391 g/mol. The molecule has 0 saturated carbocycles. The molecule has 29 heavy (non-hydrogen) atoms. The van der Waals surface area contributed by atoms with Crippen molar-refractivity contribution in [2.45, 2.75) is 0 Å². The van der Waals surface area contributed by atoms with Gasteiger partial charge in [0, 0.05) is 10.6 Å². The van der Waals surface area contributed by atoms with Gasteiger partial charge in [-0.3, -0.25) is 0 Å². The third-order valence-electron chi connectivity index (χ3n) is 5.36. The summed E-state index contributed by atoms with van der Waals surface area (Å²) in [4.78, 5) is 0. The van der Waals surface area contributed by atoms with Crippen LogP contribution in [0.4, 0.5) is 0 Å².